The molecule has 224 valence electrons. The maximum absolute atomic E-state index is 14.2. The second kappa shape index (κ2) is 12.3. The van der Waals surface area contributed by atoms with Crippen LogP contribution in [0.4, 0.5) is 13.2 Å². The van der Waals surface area contributed by atoms with E-state index in [1.165, 1.54) is 25.3 Å². The van der Waals surface area contributed by atoms with Gasteiger partial charge in [0.15, 0.2) is 5.75 Å². The van der Waals surface area contributed by atoms with Crippen LogP contribution in [0, 0.1) is 17.1 Å². The normalized spacial score (nSPS) is 14.4. The van der Waals surface area contributed by atoms with Gasteiger partial charge in [-0.15, -0.1) is 0 Å². The van der Waals surface area contributed by atoms with Crippen molar-refractivity contribution in [2.45, 2.75) is 44.9 Å². The molecule has 1 saturated heterocycles. The largest absolute Gasteiger partial charge is 0.473 e. The number of ether oxygens (including phenoxy) is 3. The molecule has 0 N–H and O–H groups in total. The minimum absolute atomic E-state index is 0.00572. The van der Waals surface area contributed by atoms with Crippen LogP contribution < -0.4 is 9.47 Å². The maximum Gasteiger partial charge on any atom is 0.394 e. The number of benzene rings is 2. The Morgan fingerprint density at radius 1 is 1.14 bits per heavy atom. The smallest absolute Gasteiger partial charge is 0.394 e. The topological polar surface area (TPSA) is 102 Å². The summed E-state index contributed by atoms with van der Waals surface area (Å²) in [7, 11) is 2.99. The number of piperidine rings is 1. The Labute approximate surface area is 246 Å². The van der Waals surface area contributed by atoms with Gasteiger partial charge in [-0.3, -0.25) is 4.90 Å². The van der Waals surface area contributed by atoms with E-state index in [2.05, 4.69) is 14.9 Å². The molecule has 0 radical (unpaired) electrons. The summed E-state index contributed by atoms with van der Waals surface area (Å²) >= 11 is 0. The number of likely N-dealkylation sites (tertiary alicyclic amines) is 1. The zero-order valence-electron chi connectivity index (χ0n) is 23.9. The third-order valence-corrected chi connectivity index (χ3v) is 7.43. The van der Waals surface area contributed by atoms with Gasteiger partial charge in [-0.05, 0) is 56.3 Å². The number of methoxy groups -OCH3 is 1. The first kappa shape index (κ1) is 29.8. The van der Waals surface area contributed by atoms with Crippen LogP contribution in [0.25, 0.3) is 11.0 Å². The number of fused-ring (bicyclic) bond motifs is 1. The lowest BCUT2D eigenvalue weighted by Crippen LogP contribution is -2.33. The highest BCUT2D eigenvalue weighted by molar-refractivity contribution is 5.96. The fraction of sp³-hybridized carbons (Fsp3) is 0.355. The minimum Gasteiger partial charge on any atom is -0.473 e. The minimum atomic E-state index is -3.46. The van der Waals surface area contributed by atoms with Crippen molar-refractivity contribution in [3.63, 3.8) is 0 Å². The number of aromatic nitrogens is 3. The number of carbonyl (C=O) groups is 1. The van der Waals surface area contributed by atoms with Crippen LogP contribution in [0.1, 0.15) is 58.7 Å². The summed E-state index contributed by atoms with van der Waals surface area (Å²) in [6.07, 6.45) is -1.81. The molecule has 0 bridgehead atoms. The van der Waals surface area contributed by atoms with Crippen LogP contribution in [0.15, 0.2) is 48.5 Å². The number of aryl methyl sites for hydroxylation is 1. The van der Waals surface area contributed by atoms with E-state index in [9.17, 15) is 18.0 Å². The number of pyridine rings is 1. The number of esters is 1. The summed E-state index contributed by atoms with van der Waals surface area (Å²) < 4.78 is 58.9. The van der Waals surface area contributed by atoms with Crippen LogP contribution in [0.5, 0.6) is 11.6 Å². The lowest BCUT2D eigenvalue weighted by molar-refractivity contribution is -0.158. The SMILES string of the molecule is COC(=O)c1cc(OC(C)(F)F)c2nc(CN3CCC(c4cccc(OCc5ccc(C#N)cc5F)n4)CC3)n(C)c2c1. The summed E-state index contributed by atoms with van der Waals surface area (Å²) in [5.74, 6) is -0.129. The molecule has 2 aromatic carbocycles. The monoisotopic (exact) mass is 593 g/mol. The second-order valence-corrected chi connectivity index (χ2v) is 10.5. The summed E-state index contributed by atoms with van der Waals surface area (Å²) in [6, 6.07) is 14.5. The number of halogens is 3. The molecule has 0 spiro atoms. The van der Waals surface area contributed by atoms with Gasteiger partial charge in [0.1, 0.15) is 23.8 Å². The van der Waals surface area contributed by atoms with Gasteiger partial charge in [-0.1, -0.05) is 12.1 Å². The van der Waals surface area contributed by atoms with Gasteiger partial charge in [0, 0.05) is 37.2 Å². The molecule has 43 heavy (non-hydrogen) atoms. The Bertz CT molecular complexity index is 1690. The van der Waals surface area contributed by atoms with Gasteiger partial charge < -0.3 is 18.8 Å². The third-order valence-electron chi connectivity index (χ3n) is 7.43. The van der Waals surface area contributed by atoms with Gasteiger partial charge in [-0.25, -0.2) is 19.2 Å². The van der Waals surface area contributed by atoms with Gasteiger partial charge in [0.2, 0.25) is 5.88 Å². The molecule has 12 heteroatoms. The fourth-order valence-corrected chi connectivity index (χ4v) is 5.16. The average Bonchev–Trinajstić information content (AvgIpc) is 3.30. The zero-order chi connectivity index (χ0) is 30.7. The van der Waals surface area contributed by atoms with Crippen molar-refractivity contribution in [1.29, 1.82) is 5.26 Å². The molecule has 1 fully saturated rings. The lowest BCUT2D eigenvalue weighted by atomic mass is 9.93. The fourth-order valence-electron chi connectivity index (χ4n) is 5.16. The van der Waals surface area contributed by atoms with Crippen LogP contribution >= 0.6 is 0 Å². The molecule has 5 rings (SSSR count). The summed E-state index contributed by atoms with van der Waals surface area (Å²) in [5, 5.41) is 8.92. The van der Waals surface area contributed by atoms with Crippen LogP contribution in [0.2, 0.25) is 0 Å². The quantitative estimate of drug-likeness (QED) is 0.227. The first-order valence-electron chi connectivity index (χ1n) is 13.7. The zero-order valence-corrected chi connectivity index (χ0v) is 23.9. The Morgan fingerprint density at radius 2 is 1.91 bits per heavy atom. The van der Waals surface area contributed by atoms with E-state index in [0.29, 0.717) is 36.3 Å². The molecule has 0 saturated carbocycles. The molecule has 2 aromatic heterocycles. The second-order valence-electron chi connectivity index (χ2n) is 10.5. The summed E-state index contributed by atoms with van der Waals surface area (Å²) in [5.41, 5.74) is 2.28. The number of nitrogens with zero attached hydrogens (tertiary/aromatic N) is 5. The van der Waals surface area contributed by atoms with Gasteiger partial charge >= 0.3 is 12.1 Å². The molecular weight excluding hydrogens is 563 g/mol. The van der Waals surface area contributed by atoms with Crippen molar-refractivity contribution in [2.24, 2.45) is 7.05 Å². The maximum atomic E-state index is 14.2. The van der Waals surface area contributed by atoms with Crippen LogP contribution in [-0.2, 0) is 24.9 Å². The van der Waals surface area contributed by atoms with E-state index >= 15 is 0 Å². The Balaban J connectivity index is 1.25. The van der Waals surface area contributed by atoms with E-state index in [0.717, 1.165) is 31.6 Å². The predicted octanol–water partition coefficient (Wildman–Crippen LogP) is 5.72. The molecule has 1 aliphatic rings. The van der Waals surface area contributed by atoms with Crippen molar-refractivity contribution in [3.05, 3.63) is 82.6 Å². The van der Waals surface area contributed by atoms with Crippen molar-refractivity contribution < 1.29 is 32.2 Å². The van der Waals surface area contributed by atoms with Crippen molar-refractivity contribution in [1.82, 2.24) is 19.4 Å². The van der Waals surface area contributed by atoms with E-state index in [-0.39, 0.29) is 34.9 Å². The summed E-state index contributed by atoms with van der Waals surface area (Å²) in [6.45, 7) is 2.60. The molecule has 0 unspecified atom stereocenters. The Hall–Kier alpha value is -4.63. The van der Waals surface area contributed by atoms with E-state index in [1.807, 2.05) is 18.2 Å². The molecule has 0 aliphatic carbocycles. The highest BCUT2D eigenvalue weighted by atomic mass is 19.3. The first-order valence-corrected chi connectivity index (χ1v) is 13.7. The number of alkyl halides is 2. The number of hydrogen-bond acceptors (Lipinski definition) is 8. The molecular formula is C31H30F3N5O4. The Kier molecular flexibility index (Phi) is 8.54. The van der Waals surface area contributed by atoms with Crippen LogP contribution in [-0.4, -0.2) is 51.7 Å². The van der Waals surface area contributed by atoms with Gasteiger partial charge in [0.25, 0.3) is 0 Å². The van der Waals surface area contributed by atoms with E-state index in [4.69, 9.17) is 19.5 Å². The number of rotatable bonds is 9. The van der Waals surface area contributed by atoms with Crippen LogP contribution in [0.3, 0.4) is 0 Å². The number of imidazole rings is 1. The number of carbonyl (C=O) groups excluding carboxylic acids is 1. The average molecular weight is 594 g/mol. The third kappa shape index (κ3) is 6.89. The Morgan fingerprint density at radius 3 is 2.58 bits per heavy atom. The number of hydrogen-bond donors (Lipinski definition) is 0. The molecule has 1 aliphatic heterocycles. The van der Waals surface area contributed by atoms with E-state index < -0.39 is 17.9 Å². The first-order chi connectivity index (χ1) is 20.5. The molecule has 9 nitrogen and oxygen atoms in total. The molecule has 0 amide bonds. The molecule has 0 atom stereocenters. The lowest BCUT2D eigenvalue weighted by Gasteiger charge is -2.31. The molecule has 3 heterocycles. The van der Waals surface area contributed by atoms with Gasteiger partial charge in [0.05, 0.1) is 36.4 Å². The van der Waals surface area contributed by atoms with Crippen molar-refractivity contribution in [2.75, 3.05) is 20.2 Å². The standard InChI is InChI=1S/C31H30F3N5O4/c1-31(33,34)43-26-15-22(30(40)41-3)14-25-29(26)37-27(38(25)2)17-39-11-9-20(10-12-39)24-5-4-6-28(36-24)42-18-21-8-7-19(16-35)13-23(21)32/h4-8,13-15,20H,9-12,17-18H2,1-3H3. The van der Waals surface area contributed by atoms with Crippen molar-refractivity contribution >= 4 is 17.0 Å². The highest BCUT2D eigenvalue weighted by Gasteiger charge is 2.28. The number of nitriles is 1. The predicted molar refractivity (Wildman–Crippen MR) is 150 cm³/mol. The molecule has 4 aromatic rings. The van der Waals surface area contributed by atoms with E-state index in [1.54, 1.807) is 29.8 Å². The van der Waals surface area contributed by atoms with Gasteiger partial charge in [-0.2, -0.15) is 14.0 Å². The van der Waals surface area contributed by atoms with Crippen molar-refractivity contribution in [3.8, 4) is 17.7 Å². The highest BCUT2D eigenvalue weighted by Crippen LogP contribution is 2.33. The summed E-state index contributed by atoms with van der Waals surface area (Å²) in [4.78, 5) is 23.7.